The smallest absolute Gasteiger partial charge is 0.269 e. The summed E-state index contributed by atoms with van der Waals surface area (Å²) in [5.74, 6) is 0. The quantitative estimate of drug-likeness (QED) is 0.677. The van der Waals surface area contributed by atoms with Crippen LogP contribution >= 0.6 is 0 Å². The fraction of sp³-hybridized carbons (Fsp3) is 0.375. The minimum Gasteiger partial charge on any atom is -0.346 e. The third-order valence-electron chi connectivity index (χ3n) is 3.20. The van der Waals surface area contributed by atoms with Crippen LogP contribution in [0.25, 0.3) is 0 Å². The SMILES string of the molecule is CC(C)(C)NCc1cccn1Cc1cccc([N+](=O)[O-])c1. The second kappa shape index (κ2) is 6.10. The Morgan fingerprint density at radius 1 is 1.24 bits per heavy atom. The van der Waals surface area contributed by atoms with E-state index in [9.17, 15) is 10.1 Å². The van der Waals surface area contributed by atoms with E-state index in [1.54, 1.807) is 12.1 Å². The molecule has 0 aliphatic heterocycles. The average molecular weight is 287 g/mol. The molecule has 0 saturated heterocycles. The van der Waals surface area contributed by atoms with Crippen molar-refractivity contribution < 1.29 is 4.92 Å². The van der Waals surface area contributed by atoms with Crippen molar-refractivity contribution in [3.8, 4) is 0 Å². The molecule has 21 heavy (non-hydrogen) atoms. The summed E-state index contributed by atoms with van der Waals surface area (Å²) in [6.45, 7) is 7.78. The molecule has 0 spiro atoms. The van der Waals surface area contributed by atoms with Gasteiger partial charge in [-0.15, -0.1) is 0 Å². The van der Waals surface area contributed by atoms with Crippen molar-refractivity contribution >= 4 is 5.69 Å². The molecule has 0 aliphatic carbocycles. The lowest BCUT2D eigenvalue weighted by atomic mass is 10.1. The molecule has 0 fully saturated rings. The molecule has 5 heteroatoms. The van der Waals surface area contributed by atoms with E-state index < -0.39 is 0 Å². The van der Waals surface area contributed by atoms with E-state index in [4.69, 9.17) is 0 Å². The maximum atomic E-state index is 10.8. The number of nitro benzene ring substituents is 1. The molecule has 0 atom stereocenters. The highest BCUT2D eigenvalue weighted by Gasteiger charge is 2.11. The number of benzene rings is 1. The Balaban J connectivity index is 2.12. The molecule has 1 N–H and O–H groups in total. The number of aromatic nitrogens is 1. The predicted molar refractivity (Wildman–Crippen MR) is 83.2 cm³/mol. The molecule has 0 amide bonds. The summed E-state index contributed by atoms with van der Waals surface area (Å²) in [6, 6.07) is 10.8. The largest absolute Gasteiger partial charge is 0.346 e. The van der Waals surface area contributed by atoms with E-state index in [1.165, 1.54) is 6.07 Å². The summed E-state index contributed by atoms with van der Waals surface area (Å²) in [7, 11) is 0. The van der Waals surface area contributed by atoms with Gasteiger partial charge in [-0.3, -0.25) is 10.1 Å². The van der Waals surface area contributed by atoms with Crippen molar-refractivity contribution in [1.82, 2.24) is 9.88 Å². The van der Waals surface area contributed by atoms with Crippen LogP contribution in [0.2, 0.25) is 0 Å². The molecule has 5 nitrogen and oxygen atoms in total. The number of non-ortho nitro benzene ring substituents is 1. The van der Waals surface area contributed by atoms with Gasteiger partial charge in [0.15, 0.2) is 0 Å². The zero-order valence-corrected chi connectivity index (χ0v) is 12.7. The van der Waals surface area contributed by atoms with Gasteiger partial charge < -0.3 is 9.88 Å². The summed E-state index contributed by atoms with van der Waals surface area (Å²) < 4.78 is 2.11. The Hall–Kier alpha value is -2.14. The molecule has 1 aromatic carbocycles. The van der Waals surface area contributed by atoms with E-state index in [-0.39, 0.29) is 16.1 Å². The molecule has 1 aromatic heterocycles. The van der Waals surface area contributed by atoms with Crippen LogP contribution < -0.4 is 5.32 Å². The zero-order chi connectivity index (χ0) is 15.5. The second-order valence-corrected chi connectivity index (χ2v) is 6.16. The van der Waals surface area contributed by atoms with Gasteiger partial charge in [0.25, 0.3) is 5.69 Å². The Bertz CT molecular complexity index is 626. The summed E-state index contributed by atoms with van der Waals surface area (Å²) in [4.78, 5) is 10.5. The number of nitro groups is 1. The van der Waals surface area contributed by atoms with Crippen molar-refractivity contribution in [3.63, 3.8) is 0 Å². The van der Waals surface area contributed by atoms with Crippen LogP contribution in [0.15, 0.2) is 42.6 Å². The number of nitrogens with one attached hydrogen (secondary N) is 1. The fourth-order valence-corrected chi connectivity index (χ4v) is 2.08. The van der Waals surface area contributed by atoms with Crippen LogP contribution in [0.4, 0.5) is 5.69 Å². The molecule has 2 rings (SSSR count). The van der Waals surface area contributed by atoms with Crippen LogP contribution in [0.5, 0.6) is 0 Å². The minimum atomic E-state index is -0.360. The summed E-state index contributed by atoms with van der Waals surface area (Å²) in [6.07, 6.45) is 2.00. The topological polar surface area (TPSA) is 60.1 Å². The van der Waals surface area contributed by atoms with Crippen LogP contribution in [0.3, 0.4) is 0 Å². The van der Waals surface area contributed by atoms with Gasteiger partial charge in [-0.05, 0) is 38.5 Å². The van der Waals surface area contributed by atoms with Gasteiger partial charge in [-0.1, -0.05) is 12.1 Å². The lowest BCUT2D eigenvalue weighted by molar-refractivity contribution is -0.384. The van der Waals surface area contributed by atoms with E-state index in [1.807, 2.05) is 18.3 Å². The van der Waals surface area contributed by atoms with Crippen molar-refractivity contribution in [3.05, 3.63) is 64.0 Å². The highest BCUT2D eigenvalue weighted by molar-refractivity contribution is 5.34. The summed E-state index contributed by atoms with van der Waals surface area (Å²) >= 11 is 0. The third-order valence-corrected chi connectivity index (χ3v) is 3.20. The zero-order valence-electron chi connectivity index (χ0n) is 12.7. The summed E-state index contributed by atoms with van der Waals surface area (Å²) in [5.41, 5.74) is 2.28. The van der Waals surface area contributed by atoms with Gasteiger partial charge >= 0.3 is 0 Å². The summed E-state index contributed by atoms with van der Waals surface area (Å²) in [5, 5.41) is 14.3. The highest BCUT2D eigenvalue weighted by atomic mass is 16.6. The normalized spacial score (nSPS) is 11.6. The molecular formula is C16H21N3O2. The van der Waals surface area contributed by atoms with E-state index in [0.29, 0.717) is 6.54 Å². The molecule has 0 bridgehead atoms. The Morgan fingerprint density at radius 3 is 2.67 bits per heavy atom. The molecule has 0 radical (unpaired) electrons. The number of rotatable bonds is 5. The fourth-order valence-electron chi connectivity index (χ4n) is 2.08. The lowest BCUT2D eigenvalue weighted by Gasteiger charge is -2.21. The molecule has 0 aliphatic rings. The molecule has 112 valence electrons. The highest BCUT2D eigenvalue weighted by Crippen LogP contribution is 2.15. The Morgan fingerprint density at radius 2 is 2.00 bits per heavy atom. The Kier molecular flexibility index (Phi) is 4.43. The van der Waals surface area contributed by atoms with Crippen molar-refractivity contribution in [2.24, 2.45) is 0 Å². The lowest BCUT2D eigenvalue weighted by Crippen LogP contribution is -2.35. The molecular weight excluding hydrogens is 266 g/mol. The average Bonchev–Trinajstić information content (AvgIpc) is 2.83. The maximum absolute atomic E-state index is 10.8. The monoisotopic (exact) mass is 287 g/mol. The standard InChI is InChI=1S/C16H21N3O2/c1-16(2,3)17-11-15-8-5-9-18(15)12-13-6-4-7-14(10-13)19(20)21/h4-10,17H,11-12H2,1-3H3. The van der Waals surface area contributed by atoms with E-state index >= 15 is 0 Å². The van der Waals surface area contributed by atoms with Crippen LogP contribution in [0, 0.1) is 10.1 Å². The van der Waals surface area contributed by atoms with Crippen molar-refractivity contribution in [1.29, 1.82) is 0 Å². The van der Waals surface area contributed by atoms with E-state index in [2.05, 4.69) is 36.7 Å². The first-order valence-electron chi connectivity index (χ1n) is 6.97. The first-order chi connectivity index (χ1) is 9.85. The minimum absolute atomic E-state index is 0.0562. The van der Waals surface area contributed by atoms with Crippen LogP contribution in [-0.2, 0) is 13.1 Å². The van der Waals surface area contributed by atoms with Gasteiger partial charge in [-0.2, -0.15) is 0 Å². The van der Waals surface area contributed by atoms with Gasteiger partial charge in [-0.25, -0.2) is 0 Å². The first kappa shape index (κ1) is 15.3. The predicted octanol–water partition coefficient (Wildman–Crippen LogP) is 3.33. The molecule has 0 unspecified atom stereocenters. The molecule has 0 saturated carbocycles. The van der Waals surface area contributed by atoms with E-state index in [0.717, 1.165) is 17.8 Å². The van der Waals surface area contributed by atoms with Crippen LogP contribution in [0.1, 0.15) is 32.0 Å². The number of nitrogens with zero attached hydrogens (tertiary/aromatic N) is 2. The number of hydrogen-bond acceptors (Lipinski definition) is 3. The van der Waals surface area contributed by atoms with Crippen molar-refractivity contribution in [2.45, 2.75) is 39.4 Å². The second-order valence-electron chi connectivity index (χ2n) is 6.16. The third kappa shape index (κ3) is 4.43. The molecule has 2 aromatic rings. The van der Waals surface area contributed by atoms with Gasteiger partial charge in [0.05, 0.1) is 4.92 Å². The van der Waals surface area contributed by atoms with Gasteiger partial charge in [0.2, 0.25) is 0 Å². The molecule has 1 heterocycles. The number of hydrogen-bond donors (Lipinski definition) is 1. The van der Waals surface area contributed by atoms with Gasteiger partial charge in [0.1, 0.15) is 0 Å². The van der Waals surface area contributed by atoms with Gasteiger partial charge in [0, 0.05) is 42.7 Å². The van der Waals surface area contributed by atoms with Crippen LogP contribution in [-0.4, -0.2) is 15.0 Å². The Labute approximate surface area is 124 Å². The first-order valence-corrected chi connectivity index (χ1v) is 6.97. The van der Waals surface area contributed by atoms with Crippen molar-refractivity contribution in [2.75, 3.05) is 0 Å². The maximum Gasteiger partial charge on any atom is 0.269 e.